The molecule has 1 saturated heterocycles. The van der Waals surface area contributed by atoms with E-state index in [1.807, 2.05) is 12.1 Å². The minimum absolute atomic E-state index is 0.190. The van der Waals surface area contributed by atoms with Crippen LogP contribution < -0.4 is 4.74 Å². The lowest BCUT2D eigenvalue weighted by molar-refractivity contribution is 0.114. The molecule has 1 N–H and O–H groups in total. The minimum atomic E-state index is -0.535. The molecule has 0 aromatic heterocycles. The van der Waals surface area contributed by atoms with E-state index in [2.05, 4.69) is 29.7 Å². The summed E-state index contributed by atoms with van der Waals surface area (Å²) in [6, 6.07) is 15.8. The van der Waals surface area contributed by atoms with Gasteiger partial charge in [-0.2, -0.15) is 5.26 Å². The predicted octanol–water partition coefficient (Wildman–Crippen LogP) is 4.43. The number of piperazine rings is 1. The topological polar surface area (TPSA) is 59.7 Å². The van der Waals surface area contributed by atoms with Gasteiger partial charge in [-0.05, 0) is 67.3 Å². The summed E-state index contributed by atoms with van der Waals surface area (Å²) in [7, 11) is 0. The first-order valence-corrected chi connectivity index (χ1v) is 11.5. The van der Waals surface area contributed by atoms with Gasteiger partial charge in [-0.1, -0.05) is 26.0 Å². The molecule has 1 unspecified atom stereocenters. The molecule has 2 aromatic carbocycles. The van der Waals surface area contributed by atoms with Gasteiger partial charge in [0, 0.05) is 32.7 Å². The second kappa shape index (κ2) is 11.3. The highest BCUT2D eigenvalue weighted by Crippen LogP contribution is 2.37. The second-order valence-corrected chi connectivity index (χ2v) is 8.87. The summed E-state index contributed by atoms with van der Waals surface area (Å²) in [6.45, 7) is 10.7. The number of hydrogen-bond acceptors (Lipinski definition) is 5. The van der Waals surface area contributed by atoms with Gasteiger partial charge in [0.15, 0.2) is 0 Å². The number of phenols is 1. The van der Waals surface area contributed by atoms with E-state index >= 15 is 0 Å². The lowest BCUT2D eigenvalue weighted by Gasteiger charge is -2.36. The van der Waals surface area contributed by atoms with E-state index in [9.17, 15) is 14.8 Å². The number of hydrogen-bond donors (Lipinski definition) is 1. The minimum Gasteiger partial charge on any atom is -0.508 e. The number of benzene rings is 2. The molecule has 1 fully saturated rings. The van der Waals surface area contributed by atoms with Gasteiger partial charge in [0.2, 0.25) is 0 Å². The average molecular weight is 440 g/mol. The fourth-order valence-corrected chi connectivity index (χ4v) is 4.42. The van der Waals surface area contributed by atoms with Crippen molar-refractivity contribution in [2.24, 2.45) is 5.92 Å². The molecular weight excluding hydrogens is 405 g/mol. The molecule has 6 heteroatoms. The summed E-state index contributed by atoms with van der Waals surface area (Å²) in [4.78, 5) is 4.86. The molecule has 0 radical (unpaired) electrons. The van der Waals surface area contributed by atoms with Crippen LogP contribution in [-0.4, -0.2) is 60.8 Å². The van der Waals surface area contributed by atoms with E-state index in [-0.39, 0.29) is 17.5 Å². The number of nitrogens with zero attached hydrogens (tertiary/aromatic N) is 3. The van der Waals surface area contributed by atoms with Crippen molar-refractivity contribution in [2.45, 2.75) is 32.1 Å². The largest absolute Gasteiger partial charge is 0.508 e. The van der Waals surface area contributed by atoms with E-state index in [0.717, 1.165) is 57.7 Å². The van der Waals surface area contributed by atoms with Crippen LogP contribution in [0.5, 0.6) is 11.5 Å². The van der Waals surface area contributed by atoms with Gasteiger partial charge in [-0.3, -0.25) is 4.90 Å². The number of halogens is 1. The molecule has 0 saturated carbocycles. The van der Waals surface area contributed by atoms with Crippen molar-refractivity contribution in [3.8, 4) is 17.6 Å². The molecule has 1 heterocycles. The van der Waals surface area contributed by atoms with Crippen molar-refractivity contribution < 1.29 is 14.2 Å². The maximum Gasteiger partial charge on any atom is 0.123 e. The van der Waals surface area contributed by atoms with Gasteiger partial charge in [0.05, 0.1) is 11.5 Å². The van der Waals surface area contributed by atoms with Crippen LogP contribution in [0, 0.1) is 23.1 Å². The summed E-state index contributed by atoms with van der Waals surface area (Å²) in [5.74, 6) is 0.863. The van der Waals surface area contributed by atoms with Gasteiger partial charge in [0.25, 0.3) is 0 Å². The van der Waals surface area contributed by atoms with Crippen molar-refractivity contribution in [1.29, 1.82) is 5.26 Å². The molecule has 3 rings (SSSR count). The highest BCUT2D eigenvalue weighted by Gasteiger charge is 2.35. The normalized spacial score (nSPS) is 17.1. The summed E-state index contributed by atoms with van der Waals surface area (Å²) >= 11 is 0. The molecule has 5 nitrogen and oxygen atoms in total. The van der Waals surface area contributed by atoms with E-state index < -0.39 is 5.41 Å². The predicted molar refractivity (Wildman–Crippen MR) is 124 cm³/mol. The van der Waals surface area contributed by atoms with Crippen molar-refractivity contribution in [1.82, 2.24) is 9.80 Å². The molecule has 1 aliphatic heterocycles. The van der Waals surface area contributed by atoms with Gasteiger partial charge >= 0.3 is 0 Å². The number of nitriles is 1. The standard InChI is InChI=1S/C26H34FN3O2/c1-21(2)26(20-28,22-4-8-24(31)9-5-22)12-3-13-29-14-16-30(17-15-29)18-19-32-25-10-6-23(27)7-11-25/h4-11,21,31H,3,12-19H2,1-2H3. The van der Waals surface area contributed by atoms with E-state index in [1.165, 1.54) is 12.1 Å². The molecule has 1 atom stereocenters. The number of rotatable bonds is 10. The zero-order valence-electron chi connectivity index (χ0n) is 19.1. The Morgan fingerprint density at radius 3 is 2.16 bits per heavy atom. The average Bonchev–Trinajstić information content (AvgIpc) is 2.80. The van der Waals surface area contributed by atoms with E-state index in [4.69, 9.17) is 4.74 Å². The van der Waals surface area contributed by atoms with Gasteiger partial charge in [-0.25, -0.2) is 4.39 Å². The number of aromatic hydroxyl groups is 1. The van der Waals surface area contributed by atoms with Crippen LogP contribution in [0.3, 0.4) is 0 Å². The number of phenolic OH excluding ortho intramolecular Hbond substituents is 1. The van der Waals surface area contributed by atoms with Crippen molar-refractivity contribution in [2.75, 3.05) is 45.9 Å². The van der Waals surface area contributed by atoms with Crippen molar-refractivity contribution in [3.05, 3.63) is 59.9 Å². The Kier molecular flexibility index (Phi) is 8.49. The Hall–Kier alpha value is -2.62. The van der Waals surface area contributed by atoms with Crippen LogP contribution in [0.2, 0.25) is 0 Å². The van der Waals surface area contributed by atoms with Gasteiger partial charge < -0.3 is 14.7 Å². The Bertz CT molecular complexity index is 871. The van der Waals surface area contributed by atoms with E-state index in [1.54, 1.807) is 24.3 Å². The maximum atomic E-state index is 13.0. The van der Waals surface area contributed by atoms with E-state index in [0.29, 0.717) is 12.4 Å². The van der Waals surface area contributed by atoms with Crippen LogP contribution in [-0.2, 0) is 5.41 Å². The molecular formula is C26H34FN3O2. The zero-order chi connectivity index (χ0) is 23.0. The third-order valence-electron chi connectivity index (χ3n) is 6.57. The third kappa shape index (κ3) is 6.21. The Morgan fingerprint density at radius 2 is 1.59 bits per heavy atom. The molecule has 172 valence electrons. The molecule has 0 amide bonds. The SMILES string of the molecule is CC(C)C(C#N)(CCCN1CCN(CCOc2ccc(F)cc2)CC1)c1ccc(O)cc1. The first-order valence-electron chi connectivity index (χ1n) is 11.5. The third-order valence-corrected chi connectivity index (χ3v) is 6.57. The van der Waals surface area contributed by atoms with Crippen LogP contribution in [0.25, 0.3) is 0 Å². The zero-order valence-corrected chi connectivity index (χ0v) is 19.1. The Morgan fingerprint density at radius 1 is 1.00 bits per heavy atom. The molecule has 0 spiro atoms. The lowest BCUT2D eigenvalue weighted by atomic mass is 9.70. The first-order chi connectivity index (χ1) is 15.4. The quantitative estimate of drug-likeness (QED) is 0.594. The van der Waals surface area contributed by atoms with Gasteiger partial charge in [0.1, 0.15) is 23.9 Å². The fourth-order valence-electron chi connectivity index (χ4n) is 4.42. The van der Waals surface area contributed by atoms with Crippen LogP contribution in [0.4, 0.5) is 4.39 Å². The lowest BCUT2D eigenvalue weighted by Crippen LogP contribution is -2.47. The molecule has 0 bridgehead atoms. The maximum absolute atomic E-state index is 13.0. The van der Waals surface area contributed by atoms with Crippen LogP contribution in [0.1, 0.15) is 32.3 Å². The first kappa shape index (κ1) is 24.0. The van der Waals surface area contributed by atoms with Crippen LogP contribution >= 0.6 is 0 Å². The fraction of sp³-hybridized carbons (Fsp3) is 0.500. The van der Waals surface area contributed by atoms with Crippen molar-refractivity contribution >= 4 is 0 Å². The van der Waals surface area contributed by atoms with Gasteiger partial charge in [-0.15, -0.1) is 0 Å². The Balaban J connectivity index is 1.41. The highest BCUT2D eigenvalue weighted by atomic mass is 19.1. The summed E-state index contributed by atoms with van der Waals surface area (Å²) < 4.78 is 18.7. The molecule has 2 aromatic rings. The molecule has 0 aliphatic carbocycles. The van der Waals surface area contributed by atoms with Crippen molar-refractivity contribution in [3.63, 3.8) is 0 Å². The molecule has 32 heavy (non-hydrogen) atoms. The smallest absolute Gasteiger partial charge is 0.123 e. The second-order valence-electron chi connectivity index (χ2n) is 8.87. The highest BCUT2D eigenvalue weighted by molar-refractivity contribution is 5.37. The summed E-state index contributed by atoms with van der Waals surface area (Å²) in [5, 5.41) is 19.7. The Labute approximate surface area is 191 Å². The molecule has 1 aliphatic rings. The number of ether oxygens (including phenoxy) is 1. The van der Waals surface area contributed by atoms with Crippen LogP contribution in [0.15, 0.2) is 48.5 Å². The summed E-state index contributed by atoms with van der Waals surface area (Å²) in [6.07, 6.45) is 1.76. The monoisotopic (exact) mass is 439 g/mol. The summed E-state index contributed by atoms with van der Waals surface area (Å²) in [5.41, 5.74) is 0.450.